The van der Waals surface area contributed by atoms with Crippen molar-refractivity contribution in [2.45, 2.75) is 25.6 Å². The molecule has 2 aromatic carbocycles. The van der Waals surface area contributed by atoms with E-state index in [0.29, 0.717) is 6.54 Å². The summed E-state index contributed by atoms with van der Waals surface area (Å²) in [5, 5.41) is 6.58. The minimum atomic E-state index is -3.01. The summed E-state index contributed by atoms with van der Waals surface area (Å²) >= 11 is 0. The summed E-state index contributed by atoms with van der Waals surface area (Å²) < 4.78 is 27.9. The quantitative estimate of drug-likeness (QED) is 0.295. The number of halogens is 1. The number of hydrogen-bond acceptors (Lipinski definition) is 4. The van der Waals surface area contributed by atoms with E-state index in [1.165, 1.54) is 11.8 Å². The molecule has 29 heavy (non-hydrogen) atoms. The summed E-state index contributed by atoms with van der Waals surface area (Å²) in [5.74, 6) is 1.68. The minimum Gasteiger partial charge on any atom is -0.497 e. The molecule has 0 amide bonds. The van der Waals surface area contributed by atoms with Gasteiger partial charge in [-0.15, -0.1) is 24.0 Å². The van der Waals surface area contributed by atoms with E-state index in [4.69, 9.17) is 4.74 Å². The number of methoxy groups -OCH3 is 1. The van der Waals surface area contributed by atoms with Gasteiger partial charge in [-0.05, 0) is 42.2 Å². The average Bonchev–Trinajstić information content (AvgIpc) is 2.66. The Morgan fingerprint density at radius 1 is 0.966 bits per heavy atom. The van der Waals surface area contributed by atoms with Crippen molar-refractivity contribution in [3.8, 4) is 5.75 Å². The topological polar surface area (TPSA) is 79.8 Å². The Labute approximate surface area is 191 Å². The molecule has 0 heterocycles. The number of nitrogens with zero attached hydrogens (tertiary/aromatic N) is 1. The molecule has 0 aliphatic rings. The van der Waals surface area contributed by atoms with Gasteiger partial charge < -0.3 is 15.4 Å². The van der Waals surface area contributed by atoms with Gasteiger partial charge in [0.25, 0.3) is 0 Å². The number of benzene rings is 2. The van der Waals surface area contributed by atoms with E-state index in [9.17, 15) is 8.42 Å². The Hall–Kier alpha value is -1.81. The molecule has 0 fully saturated rings. The molecule has 6 nitrogen and oxygen atoms in total. The van der Waals surface area contributed by atoms with Crippen molar-refractivity contribution in [3.05, 3.63) is 65.2 Å². The van der Waals surface area contributed by atoms with E-state index in [1.54, 1.807) is 7.11 Å². The highest BCUT2D eigenvalue weighted by molar-refractivity contribution is 14.0. The summed E-state index contributed by atoms with van der Waals surface area (Å²) in [7, 11) is -1.35. The van der Waals surface area contributed by atoms with Gasteiger partial charge in [0, 0.05) is 19.3 Å². The van der Waals surface area contributed by atoms with Crippen LogP contribution in [0.2, 0.25) is 0 Å². The lowest BCUT2D eigenvalue weighted by Gasteiger charge is -2.11. The summed E-state index contributed by atoms with van der Waals surface area (Å²) in [6, 6.07) is 15.6. The molecule has 0 saturated heterocycles. The third-order valence-corrected chi connectivity index (χ3v) is 4.94. The van der Waals surface area contributed by atoms with E-state index in [1.807, 2.05) is 43.3 Å². The van der Waals surface area contributed by atoms with Crippen molar-refractivity contribution >= 4 is 39.8 Å². The van der Waals surface area contributed by atoms with Crippen LogP contribution in [0.15, 0.2) is 53.5 Å². The van der Waals surface area contributed by atoms with Crippen molar-refractivity contribution in [3.63, 3.8) is 0 Å². The average molecular weight is 531 g/mol. The Kier molecular flexibility index (Phi) is 11.0. The van der Waals surface area contributed by atoms with Crippen LogP contribution >= 0.6 is 24.0 Å². The van der Waals surface area contributed by atoms with Crippen LogP contribution in [0.25, 0.3) is 0 Å². The number of aliphatic imine (C=N–C) groups is 1. The first-order valence-corrected chi connectivity index (χ1v) is 11.4. The van der Waals surface area contributed by atoms with Crippen LogP contribution in [0.3, 0.4) is 0 Å². The third-order valence-electron chi connectivity index (χ3n) is 4.08. The number of sulfone groups is 1. The first-order chi connectivity index (χ1) is 13.4. The zero-order chi connectivity index (χ0) is 20.4. The summed E-state index contributed by atoms with van der Waals surface area (Å²) in [5.41, 5.74) is 3.05. The maximum Gasteiger partial charge on any atom is 0.191 e. The molecule has 0 atom stereocenters. The zero-order valence-electron chi connectivity index (χ0n) is 17.1. The monoisotopic (exact) mass is 531 g/mol. The maximum atomic E-state index is 11.4. The molecule has 2 N–H and O–H groups in total. The molecule has 0 spiro atoms. The zero-order valence-corrected chi connectivity index (χ0v) is 20.3. The standard InChI is InChI=1S/C21H29N3O3S.HI/c1-4-22-21(23-14-13-17-9-11-20(27-2)12-10-17)24-15-18-5-7-19(8-6-18)16-28(3,25)26;/h5-12H,4,13-16H2,1-3H3,(H2,22,23,24);1H. The second-order valence-corrected chi connectivity index (χ2v) is 8.75. The van der Waals surface area contributed by atoms with E-state index in [0.717, 1.165) is 42.3 Å². The van der Waals surface area contributed by atoms with Gasteiger partial charge in [0.15, 0.2) is 15.8 Å². The molecular formula is C21H30IN3O3S. The smallest absolute Gasteiger partial charge is 0.191 e. The van der Waals surface area contributed by atoms with Crippen LogP contribution in [-0.2, 0) is 28.6 Å². The number of hydrogen-bond donors (Lipinski definition) is 2. The van der Waals surface area contributed by atoms with E-state index < -0.39 is 9.84 Å². The molecule has 0 aromatic heterocycles. The van der Waals surface area contributed by atoms with Crippen molar-refractivity contribution < 1.29 is 13.2 Å². The molecular weight excluding hydrogens is 501 g/mol. The Morgan fingerprint density at radius 3 is 2.10 bits per heavy atom. The predicted molar refractivity (Wildman–Crippen MR) is 130 cm³/mol. The fourth-order valence-electron chi connectivity index (χ4n) is 2.67. The van der Waals surface area contributed by atoms with Crippen LogP contribution in [0.4, 0.5) is 0 Å². The molecule has 0 unspecified atom stereocenters. The Balaban J connectivity index is 0.00000420. The van der Waals surface area contributed by atoms with Crippen LogP contribution in [0.1, 0.15) is 23.6 Å². The molecule has 2 rings (SSSR count). The lowest BCUT2D eigenvalue weighted by Crippen LogP contribution is -2.38. The third kappa shape index (κ3) is 9.98. The second-order valence-electron chi connectivity index (χ2n) is 6.61. The molecule has 0 radical (unpaired) electrons. The van der Waals surface area contributed by atoms with E-state index >= 15 is 0 Å². The Morgan fingerprint density at radius 2 is 1.55 bits per heavy atom. The van der Waals surface area contributed by atoms with Crippen molar-refractivity contribution in [1.82, 2.24) is 10.6 Å². The highest BCUT2D eigenvalue weighted by atomic mass is 127. The molecule has 2 aromatic rings. The SMILES string of the molecule is CCNC(=NCc1ccc(CS(C)(=O)=O)cc1)NCCc1ccc(OC)cc1.I. The van der Waals surface area contributed by atoms with Gasteiger partial charge in [0.05, 0.1) is 19.4 Å². The molecule has 160 valence electrons. The van der Waals surface area contributed by atoms with Gasteiger partial charge >= 0.3 is 0 Å². The predicted octanol–water partition coefficient (Wildman–Crippen LogP) is 3.16. The van der Waals surface area contributed by atoms with Crippen LogP contribution in [-0.4, -0.2) is 40.8 Å². The van der Waals surface area contributed by atoms with Gasteiger partial charge in [0.2, 0.25) is 0 Å². The van der Waals surface area contributed by atoms with E-state index in [2.05, 4.69) is 27.8 Å². The Bertz CT molecular complexity index is 867. The normalized spacial score (nSPS) is 11.5. The van der Waals surface area contributed by atoms with Gasteiger partial charge in [0.1, 0.15) is 5.75 Å². The summed E-state index contributed by atoms with van der Waals surface area (Å²) in [4.78, 5) is 4.60. The van der Waals surface area contributed by atoms with Gasteiger partial charge in [-0.2, -0.15) is 0 Å². The van der Waals surface area contributed by atoms with Gasteiger partial charge in [-0.25, -0.2) is 13.4 Å². The van der Waals surface area contributed by atoms with Gasteiger partial charge in [-0.1, -0.05) is 36.4 Å². The van der Waals surface area contributed by atoms with Crippen molar-refractivity contribution in [2.75, 3.05) is 26.5 Å². The van der Waals surface area contributed by atoms with Crippen molar-refractivity contribution in [1.29, 1.82) is 0 Å². The number of guanidine groups is 1. The van der Waals surface area contributed by atoms with Crippen molar-refractivity contribution in [2.24, 2.45) is 4.99 Å². The van der Waals surface area contributed by atoms with Gasteiger partial charge in [-0.3, -0.25) is 0 Å². The maximum absolute atomic E-state index is 11.4. The van der Waals surface area contributed by atoms with Crippen LogP contribution in [0.5, 0.6) is 5.75 Å². The second kappa shape index (κ2) is 12.7. The molecule has 0 bridgehead atoms. The number of nitrogens with one attached hydrogen (secondary N) is 2. The van der Waals surface area contributed by atoms with Crippen LogP contribution < -0.4 is 15.4 Å². The number of ether oxygens (including phenoxy) is 1. The first-order valence-electron chi connectivity index (χ1n) is 9.30. The first kappa shape index (κ1) is 25.2. The lowest BCUT2D eigenvalue weighted by molar-refractivity contribution is 0.414. The highest BCUT2D eigenvalue weighted by Gasteiger charge is 2.04. The van der Waals surface area contributed by atoms with E-state index in [-0.39, 0.29) is 29.7 Å². The molecule has 0 aliphatic carbocycles. The molecule has 8 heteroatoms. The minimum absolute atomic E-state index is 0. The molecule has 0 aliphatic heterocycles. The van der Waals surface area contributed by atoms with Crippen LogP contribution in [0, 0.1) is 0 Å². The molecule has 0 saturated carbocycles. The summed E-state index contributed by atoms with van der Waals surface area (Å²) in [6.07, 6.45) is 2.13. The summed E-state index contributed by atoms with van der Waals surface area (Å²) in [6.45, 7) is 4.10. The fourth-order valence-corrected chi connectivity index (χ4v) is 3.47. The number of rotatable bonds is 9. The highest BCUT2D eigenvalue weighted by Crippen LogP contribution is 2.11. The largest absolute Gasteiger partial charge is 0.497 e. The lowest BCUT2D eigenvalue weighted by atomic mass is 10.1. The fraction of sp³-hybridized carbons (Fsp3) is 0.381.